The van der Waals surface area contributed by atoms with Gasteiger partial charge in [0.25, 0.3) is 0 Å². The fourth-order valence-electron chi connectivity index (χ4n) is 1.26. The van der Waals surface area contributed by atoms with E-state index in [1.165, 1.54) is 19.3 Å². The highest BCUT2D eigenvalue weighted by atomic mass is 32.2. The Labute approximate surface area is 90.4 Å². The lowest BCUT2D eigenvalue weighted by molar-refractivity contribution is 0.677. The number of amidine groups is 1. The minimum absolute atomic E-state index is 0.171. The highest BCUT2D eigenvalue weighted by molar-refractivity contribution is 8.00. The number of nitrogens with one attached hydrogen (secondary N) is 2. The Hall–Kier alpha value is -0.480. The van der Waals surface area contributed by atoms with Crippen molar-refractivity contribution in [3.05, 3.63) is 12.7 Å². The normalized spacial score (nSPS) is 20.4. The maximum absolute atomic E-state index is 4.51. The second-order valence-corrected chi connectivity index (χ2v) is 4.39. The zero-order valence-electron chi connectivity index (χ0n) is 8.75. The van der Waals surface area contributed by atoms with Gasteiger partial charge in [-0.3, -0.25) is 0 Å². The van der Waals surface area contributed by atoms with E-state index in [1.807, 2.05) is 6.08 Å². The van der Waals surface area contributed by atoms with Crippen LogP contribution in [0, 0.1) is 0 Å². The van der Waals surface area contributed by atoms with Gasteiger partial charge in [0, 0.05) is 12.2 Å². The second kappa shape index (κ2) is 6.90. The first-order valence-electron chi connectivity index (χ1n) is 5.17. The van der Waals surface area contributed by atoms with Crippen LogP contribution in [0.25, 0.3) is 0 Å². The SMILES string of the molecule is C=CCSC1N=C(CCCCC)NN1. The van der Waals surface area contributed by atoms with Crippen LogP contribution in [0.4, 0.5) is 0 Å². The van der Waals surface area contributed by atoms with Gasteiger partial charge in [0.1, 0.15) is 5.84 Å². The molecule has 1 unspecified atom stereocenters. The quantitative estimate of drug-likeness (QED) is 0.503. The Bertz CT molecular complexity index is 204. The summed E-state index contributed by atoms with van der Waals surface area (Å²) >= 11 is 1.75. The van der Waals surface area contributed by atoms with Gasteiger partial charge in [-0.15, -0.1) is 18.3 Å². The van der Waals surface area contributed by atoms with E-state index in [4.69, 9.17) is 0 Å². The summed E-state index contributed by atoms with van der Waals surface area (Å²) in [6.45, 7) is 5.90. The van der Waals surface area contributed by atoms with Crippen molar-refractivity contribution in [1.29, 1.82) is 0 Å². The van der Waals surface area contributed by atoms with Gasteiger partial charge >= 0.3 is 0 Å². The van der Waals surface area contributed by atoms with Crippen LogP contribution in [-0.4, -0.2) is 17.1 Å². The van der Waals surface area contributed by atoms with Crippen molar-refractivity contribution in [2.75, 3.05) is 5.75 Å². The minimum atomic E-state index is 0.171. The molecular weight excluding hydrogens is 194 g/mol. The minimum Gasteiger partial charge on any atom is -0.307 e. The highest BCUT2D eigenvalue weighted by Crippen LogP contribution is 2.13. The molecule has 2 N–H and O–H groups in total. The summed E-state index contributed by atoms with van der Waals surface area (Å²) in [6, 6.07) is 0. The van der Waals surface area contributed by atoms with Crippen LogP contribution in [0.15, 0.2) is 17.6 Å². The zero-order chi connectivity index (χ0) is 10.2. The van der Waals surface area contributed by atoms with E-state index in [0.29, 0.717) is 0 Å². The predicted octanol–water partition coefficient (Wildman–Crippen LogP) is 2.28. The molecule has 0 aromatic heterocycles. The average Bonchev–Trinajstić information content (AvgIpc) is 2.63. The molecule has 0 aliphatic carbocycles. The van der Waals surface area contributed by atoms with Gasteiger partial charge in [-0.1, -0.05) is 25.8 Å². The van der Waals surface area contributed by atoms with E-state index in [9.17, 15) is 0 Å². The monoisotopic (exact) mass is 213 g/mol. The highest BCUT2D eigenvalue weighted by Gasteiger charge is 2.14. The van der Waals surface area contributed by atoms with E-state index in [1.54, 1.807) is 11.8 Å². The lowest BCUT2D eigenvalue weighted by Gasteiger charge is -2.03. The number of hydrazine groups is 1. The Morgan fingerprint density at radius 3 is 3.14 bits per heavy atom. The third kappa shape index (κ3) is 4.15. The molecule has 1 aliphatic heterocycles. The molecule has 0 amide bonds. The van der Waals surface area contributed by atoms with Crippen LogP contribution in [0.5, 0.6) is 0 Å². The Morgan fingerprint density at radius 2 is 2.43 bits per heavy atom. The number of aliphatic imine (C=N–C) groups is 1. The number of nitrogens with zero attached hydrogens (tertiary/aromatic N) is 1. The van der Waals surface area contributed by atoms with Crippen LogP contribution < -0.4 is 10.9 Å². The summed E-state index contributed by atoms with van der Waals surface area (Å²) in [5, 5.41) is 0. The first kappa shape index (κ1) is 11.6. The molecule has 0 bridgehead atoms. The van der Waals surface area contributed by atoms with Gasteiger partial charge in [0.2, 0.25) is 0 Å². The number of hydrogen-bond donors (Lipinski definition) is 2. The predicted molar refractivity (Wildman–Crippen MR) is 64.3 cm³/mol. The summed E-state index contributed by atoms with van der Waals surface area (Å²) in [7, 11) is 0. The van der Waals surface area contributed by atoms with Gasteiger partial charge in [0.15, 0.2) is 5.50 Å². The second-order valence-electron chi connectivity index (χ2n) is 3.28. The van der Waals surface area contributed by atoms with Crippen LogP contribution in [0.1, 0.15) is 32.6 Å². The first-order valence-corrected chi connectivity index (χ1v) is 6.22. The lowest BCUT2D eigenvalue weighted by Crippen LogP contribution is -2.33. The molecule has 0 aromatic carbocycles. The van der Waals surface area contributed by atoms with Crippen molar-refractivity contribution in [3.8, 4) is 0 Å². The molecule has 14 heavy (non-hydrogen) atoms. The average molecular weight is 213 g/mol. The van der Waals surface area contributed by atoms with Crippen LogP contribution in [0.2, 0.25) is 0 Å². The van der Waals surface area contributed by atoms with Gasteiger partial charge in [-0.25, -0.2) is 10.4 Å². The standard InChI is InChI=1S/C10H19N3S/c1-3-5-6-7-9-11-10(13-12-9)14-8-4-2/h4,10,13H,2-3,5-8H2,1H3,(H,11,12). The Kier molecular flexibility index (Phi) is 5.71. The Balaban J connectivity index is 2.17. The fraction of sp³-hybridized carbons (Fsp3) is 0.700. The summed E-state index contributed by atoms with van der Waals surface area (Å²) in [4.78, 5) is 4.51. The molecule has 1 atom stereocenters. The molecule has 0 aromatic rings. The topological polar surface area (TPSA) is 36.4 Å². The first-order chi connectivity index (χ1) is 6.86. The third-order valence-corrected chi connectivity index (χ3v) is 2.97. The molecule has 1 heterocycles. The van der Waals surface area contributed by atoms with E-state index in [2.05, 4.69) is 29.3 Å². The van der Waals surface area contributed by atoms with E-state index < -0.39 is 0 Å². The Morgan fingerprint density at radius 1 is 1.57 bits per heavy atom. The third-order valence-electron chi connectivity index (χ3n) is 2.00. The zero-order valence-corrected chi connectivity index (χ0v) is 9.57. The largest absolute Gasteiger partial charge is 0.307 e. The van der Waals surface area contributed by atoms with Crippen molar-refractivity contribution < 1.29 is 0 Å². The summed E-state index contributed by atoms with van der Waals surface area (Å²) in [5.41, 5.74) is 6.42. The molecular formula is C10H19N3S. The van der Waals surface area contributed by atoms with Crippen molar-refractivity contribution in [2.24, 2.45) is 4.99 Å². The van der Waals surface area contributed by atoms with Crippen LogP contribution >= 0.6 is 11.8 Å². The molecule has 1 rings (SSSR count). The summed E-state index contributed by atoms with van der Waals surface area (Å²) < 4.78 is 0. The number of thioether (sulfide) groups is 1. The van der Waals surface area contributed by atoms with E-state index in [-0.39, 0.29) is 5.50 Å². The molecule has 4 heteroatoms. The number of unbranched alkanes of at least 4 members (excludes halogenated alkanes) is 2. The molecule has 1 aliphatic rings. The number of hydrogen-bond acceptors (Lipinski definition) is 4. The maximum atomic E-state index is 4.51. The van der Waals surface area contributed by atoms with Gasteiger partial charge in [0.05, 0.1) is 0 Å². The van der Waals surface area contributed by atoms with Gasteiger partial charge in [-0.05, 0) is 6.42 Å². The van der Waals surface area contributed by atoms with Crippen molar-refractivity contribution in [2.45, 2.75) is 38.1 Å². The maximum Gasteiger partial charge on any atom is 0.165 e. The lowest BCUT2D eigenvalue weighted by atomic mass is 10.2. The van der Waals surface area contributed by atoms with Crippen molar-refractivity contribution in [3.63, 3.8) is 0 Å². The summed E-state index contributed by atoms with van der Waals surface area (Å²) in [5.74, 6) is 2.03. The molecule has 0 spiro atoms. The molecule has 0 saturated carbocycles. The molecule has 0 saturated heterocycles. The molecule has 0 radical (unpaired) electrons. The fourth-order valence-corrected chi connectivity index (χ4v) is 1.92. The van der Waals surface area contributed by atoms with Crippen molar-refractivity contribution in [1.82, 2.24) is 10.9 Å². The van der Waals surface area contributed by atoms with Gasteiger partial charge in [-0.2, -0.15) is 0 Å². The van der Waals surface area contributed by atoms with Crippen LogP contribution in [-0.2, 0) is 0 Å². The summed E-state index contributed by atoms with van der Waals surface area (Å²) in [6.07, 6.45) is 6.73. The van der Waals surface area contributed by atoms with Gasteiger partial charge < -0.3 is 5.43 Å². The number of rotatable bonds is 7. The molecule has 0 fully saturated rings. The smallest absolute Gasteiger partial charge is 0.165 e. The molecule has 3 nitrogen and oxygen atoms in total. The van der Waals surface area contributed by atoms with Crippen LogP contribution in [0.3, 0.4) is 0 Å². The van der Waals surface area contributed by atoms with E-state index >= 15 is 0 Å². The van der Waals surface area contributed by atoms with E-state index in [0.717, 1.165) is 18.0 Å². The van der Waals surface area contributed by atoms with Crippen molar-refractivity contribution >= 4 is 17.6 Å². The molecule has 80 valence electrons.